The van der Waals surface area contributed by atoms with E-state index >= 15 is 0 Å². The van der Waals surface area contributed by atoms with Crippen molar-refractivity contribution in [2.24, 2.45) is 0 Å². The molecule has 0 spiro atoms. The van der Waals surface area contributed by atoms with Gasteiger partial charge in [-0.25, -0.2) is 9.37 Å². The van der Waals surface area contributed by atoms with Crippen molar-refractivity contribution in [2.75, 3.05) is 5.32 Å². The van der Waals surface area contributed by atoms with Crippen molar-refractivity contribution in [1.29, 1.82) is 0 Å². The van der Waals surface area contributed by atoms with Crippen LogP contribution in [-0.4, -0.2) is 20.8 Å². The van der Waals surface area contributed by atoms with Crippen molar-refractivity contribution in [1.82, 2.24) is 9.97 Å². The zero-order chi connectivity index (χ0) is 13.1. The van der Waals surface area contributed by atoms with Crippen LogP contribution in [0.1, 0.15) is 10.4 Å². The maximum Gasteiger partial charge on any atom is 0.345 e. The average Bonchev–Trinajstić information content (AvgIpc) is 2.78. The molecule has 0 aliphatic rings. The minimum atomic E-state index is -0.777. The predicted molar refractivity (Wildman–Crippen MR) is 60.9 cm³/mol. The van der Waals surface area contributed by atoms with Crippen LogP contribution in [-0.2, 0) is 0 Å². The third-order valence-corrected chi connectivity index (χ3v) is 2.78. The van der Waals surface area contributed by atoms with Crippen LogP contribution in [0.2, 0.25) is 0 Å². The zero-order valence-corrected chi connectivity index (χ0v) is 9.48. The van der Waals surface area contributed by atoms with Crippen LogP contribution in [0.25, 0.3) is 0 Å². The molecule has 92 valence electrons. The Hall–Kier alpha value is -2.42. The van der Waals surface area contributed by atoms with E-state index < -0.39 is 16.6 Å². The highest BCUT2D eigenvalue weighted by Crippen LogP contribution is 2.25. The first-order valence-corrected chi connectivity index (χ1v) is 5.40. The first-order chi connectivity index (χ1) is 8.58. The number of hydrogen-bond acceptors (Lipinski definition) is 6. The fraction of sp³-hybridized carbons (Fsp3) is 0. The maximum absolute atomic E-state index is 13.2. The third kappa shape index (κ3) is 2.46. The minimum absolute atomic E-state index is 0.0305. The van der Waals surface area contributed by atoms with Crippen LogP contribution < -0.4 is 5.32 Å². The Kier molecular flexibility index (Phi) is 3.24. The van der Waals surface area contributed by atoms with Crippen molar-refractivity contribution in [2.45, 2.75) is 0 Å². The molecule has 2 heterocycles. The first kappa shape index (κ1) is 12.0. The smallest absolute Gasteiger partial charge is 0.298 e. The second-order valence-electron chi connectivity index (χ2n) is 3.07. The standard InChI is InChI=1S/C9H5FN4O3S/c10-6-3-11-2-1-5(6)8(15)13-9-12-4-7(18-9)14(16)17/h1-4H,(H,12,13,15). The number of nitro groups is 1. The van der Waals surface area contributed by atoms with Crippen molar-refractivity contribution < 1.29 is 14.1 Å². The number of carbonyl (C=O) groups is 1. The summed E-state index contributed by atoms with van der Waals surface area (Å²) < 4.78 is 13.2. The number of anilines is 1. The van der Waals surface area contributed by atoms with Gasteiger partial charge in [0.1, 0.15) is 6.20 Å². The largest absolute Gasteiger partial charge is 0.345 e. The molecule has 0 saturated carbocycles. The van der Waals surface area contributed by atoms with Crippen LogP contribution in [0, 0.1) is 15.9 Å². The number of nitrogens with one attached hydrogen (secondary N) is 1. The van der Waals surface area contributed by atoms with E-state index in [1.165, 1.54) is 12.3 Å². The zero-order valence-electron chi connectivity index (χ0n) is 8.66. The van der Waals surface area contributed by atoms with Crippen molar-refractivity contribution in [3.63, 3.8) is 0 Å². The Morgan fingerprint density at radius 3 is 2.89 bits per heavy atom. The summed E-state index contributed by atoms with van der Waals surface area (Å²) in [5.74, 6) is -1.51. The van der Waals surface area contributed by atoms with Crippen LogP contribution in [0.5, 0.6) is 0 Å². The molecule has 0 aliphatic heterocycles. The Balaban J connectivity index is 2.16. The Labute approximate surface area is 103 Å². The first-order valence-electron chi connectivity index (χ1n) is 4.59. The summed E-state index contributed by atoms with van der Waals surface area (Å²) in [5.41, 5.74) is -0.206. The predicted octanol–water partition coefficient (Wildman–Crippen LogP) is 1.84. The summed E-state index contributed by atoms with van der Waals surface area (Å²) in [6.07, 6.45) is 3.19. The Bertz CT molecular complexity index is 615. The molecule has 0 radical (unpaired) electrons. The van der Waals surface area contributed by atoms with Crippen LogP contribution in [0.4, 0.5) is 14.5 Å². The summed E-state index contributed by atoms with van der Waals surface area (Å²) in [7, 11) is 0. The lowest BCUT2D eigenvalue weighted by molar-refractivity contribution is -0.380. The number of aromatic nitrogens is 2. The van der Waals surface area contributed by atoms with Gasteiger partial charge in [0, 0.05) is 6.20 Å². The second-order valence-corrected chi connectivity index (χ2v) is 4.08. The second kappa shape index (κ2) is 4.84. The van der Waals surface area contributed by atoms with E-state index in [0.717, 1.165) is 12.4 Å². The highest BCUT2D eigenvalue weighted by Gasteiger charge is 2.16. The van der Waals surface area contributed by atoms with Crippen LogP contribution in [0.15, 0.2) is 24.7 Å². The summed E-state index contributed by atoms with van der Waals surface area (Å²) in [6.45, 7) is 0. The number of rotatable bonds is 3. The number of hydrogen-bond donors (Lipinski definition) is 1. The molecule has 0 bridgehead atoms. The van der Waals surface area contributed by atoms with Gasteiger partial charge in [0.25, 0.3) is 5.91 Å². The summed E-state index contributed by atoms with van der Waals surface area (Å²) in [5, 5.41) is 12.5. The van der Waals surface area contributed by atoms with E-state index in [1.54, 1.807) is 0 Å². The van der Waals surface area contributed by atoms with Crippen LogP contribution in [0.3, 0.4) is 0 Å². The van der Waals surface area contributed by atoms with Gasteiger partial charge in [-0.15, -0.1) is 0 Å². The van der Waals surface area contributed by atoms with Gasteiger partial charge in [0.05, 0.1) is 16.7 Å². The fourth-order valence-electron chi connectivity index (χ4n) is 1.13. The molecular formula is C9H5FN4O3S. The van der Waals surface area contributed by atoms with Crippen molar-refractivity contribution >= 4 is 27.4 Å². The molecular weight excluding hydrogens is 263 g/mol. The summed E-state index contributed by atoms with van der Waals surface area (Å²) in [4.78, 5) is 28.6. The normalized spacial score (nSPS) is 10.1. The number of halogens is 1. The van der Waals surface area contributed by atoms with Gasteiger partial charge in [0.15, 0.2) is 10.9 Å². The fourth-order valence-corrected chi connectivity index (χ4v) is 1.76. The van der Waals surface area contributed by atoms with E-state index in [4.69, 9.17) is 0 Å². The Morgan fingerprint density at radius 2 is 2.28 bits per heavy atom. The van der Waals surface area contributed by atoms with Crippen LogP contribution >= 0.6 is 11.3 Å². The van der Waals surface area contributed by atoms with Gasteiger partial charge in [-0.2, -0.15) is 0 Å². The van der Waals surface area contributed by atoms with Crippen molar-refractivity contribution in [3.8, 4) is 0 Å². The molecule has 2 aromatic heterocycles. The molecule has 2 rings (SSSR count). The molecule has 1 N–H and O–H groups in total. The highest BCUT2D eigenvalue weighted by atomic mass is 32.1. The molecule has 1 amide bonds. The molecule has 9 heteroatoms. The lowest BCUT2D eigenvalue weighted by atomic mass is 10.2. The number of nitrogens with zero attached hydrogens (tertiary/aromatic N) is 3. The maximum atomic E-state index is 13.2. The van der Waals surface area contributed by atoms with E-state index in [-0.39, 0.29) is 15.7 Å². The van der Waals surface area contributed by atoms with E-state index in [0.29, 0.717) is 11.3 Å². The molecule has 0 fully saturated rings. The summed E-state index contributed by atoms with van der Waals surface area (Å²) in [6, 6.07) is 1.20. The molecule has 7 nitrogen and oxygen atoms in total. The average molecular weight is 268 g/mol. The van der Waals surface area contributed by atoms with Crippen molar-refractivity contribution in [3.05, 3.63) is 46.2 Å². The van der Waals surface area contributed by atoms with E-state index in [9.17, 15) is 19.3 Å². The van der Waals surface area contributed by atoms with Gasteiger partial charge in [0.2, 0.25) is 0 Å². The van der Waals surface area contributed by atoms with Gasteiger partial charge in [-0.05, 0) is 17.4 Å². The lowest BCUT2D eigenvalue weighted by Gasteiger charge is -2.01. The number of carbonyl (C=O) groups excluding carboxylic acids is 1. The summed E-state index contributed by atoms with van der Waals surface area (Å²) >= 11 is 0.690. The number of thiazole rings is 1. The topological polar surface area (TPSA) is 98.0 Å². The minimum Gasteiger partial charge on any atom is -0.298 e. The third-order valence-electron chi connectivity index (χ3n) is 1.91. The van der Waals surface area contributed by atoms with Gasteiger partial charge >= 0.3 is 5.00 Å². The monoisotopic (exact) mass is 268 g/mol. The van der Waals surface area contributed by atoms with Gasteiger partial charge in [-0.1, -0.05) is 0 Å². The molecule has 18 heavy (non-hydrogen) atoms. The highest BCUT2D eigenvalue weighted by molar-refractivity contribution is 7.18. The quantitative estimate of drug-likeness (QED) is 0.676. The number of pyridine rings is 1. The molecule has 0 aliphatic carbocycles. The SMILES string of the molecule is O=C(Nc1ncc([N+](=O)[O-])s1)c1ccncc1F. The van der Waals surface area contributed by atoms with Gasteiger partial charge < -0.3 is 0 Å². The van der Waals surface area contributed by atoms with E-state index in [2.05, 4.69) is 15.3 Å². The molecule has 0 unspecified atom stereocenters. The van der Waals surface area contributed by atoms with Gasteiger partial charge in [-0.3, -0.25) is 25.2 Å². The number of amides is 1. The molecule has 0 saturated heterocycles. The molecule has 0 aromatic carbocycles. The molecule has 2 aromatic rings. The van der Waals surface area contributed by atoms with E-state index in [1.807, 2.05) is 0 Å². The Morgan fingerprint density at radius 1 is 1.50 bits per heavy atom. The molecule has 0 atom stereocenters. The lowest BCUT2D eigenvalue weighted by Crippen LogP contribution is -2.13.